The Kier molecular flexibility index (Phi) is 4.67. The third kappa shape index (κ3) is 3.64. The number of nitrogens with one attached hydrogen (secondary N) is 1. The van der Waals surface area contributed by atoms with Gasteiger partial charge in [-0.15, -0.1) is 11.3 Å². The van der Waals surface area contributed by atoms with E-state index in [2.05, 4.69) is 10.3 Å². The number of carbonyl (C=O) groups is 3. The number of thiazole rings is 1. The summed E-state index contributed by atoms with van der Waals surface area (Å²) < 4.78 is 1.04. The van der Waals surface area contributed by atoms with E-state index in [0.717, 1.165) is 15.2 Å². The molecule has 0 spiro atoms. The minimum Gasteiger partial charge on any atom is -0.507 e. The average molecular weight is 411 g/mol. The topological polar surface area (TPSA) is 120 Å². The molecule has 3 aromatic rings. The smallest absolute Gasteiger partial charge is 0.339 e. The van der Waals surface area contributed by atoms with Crippen LogP contribution in [0, 0.1) is 12.8 Å². The lowest BCUT2D eigenvalue weighted by Crippen LogP contribution is -2.28. The lowest BCUT2D eigenvalue weighted by molar-refractivity contribution is -0.122. The van der Waals surface area contributed by atoms with Gasteiger partial charge in [-0.2, -0.15) is 0 Å². The summed E-state index contributed by atoms with van der Waals surface area (Å²) in [7, 11) is 0. The Morgan fingerprint density at radius 3 is 2.79 bits per heavy atom. The lowest BCUT2D eigenvalue weighted by Gasteiger charge is -2.17. The summed E-state index contributed by atoms with van der Waals surface area (Å²) >= 11 is 1.58. The van der Waals surface area contributed by atoms with Gasteiger partial charge in [0.05, 0.1) is 21.1 Å². The maximum absolute atomic E-state index is 12.6. The van der Waals surface area contributed by atoms with E-state index >= 15 is 0 Å². The van der Waals surface area contributed by atoms with Gasteiger partial charge in [0.15, 0.2) is 0 Å². The number of amides is 2. The Hall–Kier alpha value is -3.46. The van der Waals surface area contributed by atoms with Crippen LogP contribution in [0.25, 0.3) is 10.2 Å². The van der Waals surface area contributed by atoms with Crippen molar-refractivity contribution in [2.45, 2.75) is 13.3 Å². The van der Waals surface area contributed by atoms with Gasteiger partial charge in [-0.05, 0) is 43.3 Å². The normalized spacial score (nSPS) is 16.4. The van der Waals surface area contributed by atoms with Gasteiger partial charge in [-0.3, -0.25) is 9.59 Å². The van der Waals surface area contributed by atoms with Crippen LogP contribution in [0.1, 0.15) is 21.8 Å². The molecule has 0 aliphatic carbocycles. The summed E-state index contributed by atoms with van der Waals surface area (Å²) in [5.74, 6) is -2.79. The number of anilines is 2. The van der Waals surface area contributed by atoms with Crippen LogP contribution in [-0.2, 0) is 9.59 Å². The summed E-state index contributed by atoms with van der Waals surface area (Å²) in [6.07, 6.45) is 0.0594. The van der Waals surface area contributed by atoms with Crippen LogP contribution in [0.15, 0.2) is 36.4 Å². The number of aromatic carboxylic acids is 1. The fourth-order valence-electron chi connectivity index (χ4n) is 3.36. The second-order valence-electron chi connectivity index (χ2n) is 6.82. The van der Waals surface area contributed by atoms with E-state index in [1.165, 1.54) is 18.2 Å². The molecular weight excluding hydrogens is 394 g/mol. The van der Waals surface area contributed by atoms with Crippen molar-refractivity contribution in [1.29, 1.82) is 0 Å². The number of aromatic hydroxyl groups is 1. The first-order valence-electron chi connectivity index (χ1n) is 8.86. The van der Waals surface area contributed by atoms with E-state index < -0.39 is 11.9 Å². The number of hydrogen-bond acceptors (Lipinski definition) is 6. The van der Waals surface area contributed by atoms with Gasteiger partial charge in [-0.1, -0.05) is 0 Å². The van der Waals surface area contributed by atoms with Crippen molar-refractivity contribution < 1.29 is 24.6 Å². The van der Waals surface area contributed by atoms with Crippen LogP contribution in [0.4, 0.5) is 11.4 Å². The summed E-state index contributed by atoms with van der Waals surface area (Å²) in [5.41, 5.74) is 1.45. The minimum absolute atomic E-state index is 0.0594. The van der Waals surface area contributed by atoms with Crippen LogP contribution in [-0.4, -0.2) is 39.5 Å². The first-order chi connectivity index (χ1) is 13.8. The summed E-state index contributed by atoms with van der Waals surface area (Å²) in [4.78, 5) is 42.2. The minimum atomic E-state index is -1.30. The molecule has 2 aromatic carbocycles. The van der Waals surface area contributed by atoms with Gasteiger partial charge >= 0.3 is 5.97 Å². The molecular formula is C20H17N3O5S. The number of fused-ring (bicyclic) bond motifs is 1. The molecule has 3 N–H and O–H groups in total. The molecule has 29 heavy (non-hydrogen) atoms. The average Bonchev–Trinajstić information content (AvgIpc) is 3.24. The van der Waals surface area contributed by atoms with Gasteiger partial charge in [0.25, 0.3) is 0 Å². The number of aromatic nitrogens is 1. The molecule has 1 fully saturated rings. The number of benzene rings is 2. The van der Waals surface area contributed by atoms with E-state index in [-0.39, 0.29) is 41.8 Å². The number of hydrogen-bond donors (Lipinski definition) is 3. The Morgan fingerprint density at radius 2 is 2.03 bits per heavy atom. The zero-order valence-corrected chi connectivity index (χ0v) is 16.2. The van der Waals surface area contributed by atoms with E-state index in [1.54, 1.807) is 16.2 Å². The molecule has 4 rings (SSSR count). The predicted octanol–water partition coefficient (Wildman–Crippen LogP) is 3.00. The Morgan fingerprint density at radius 1 is 1.24 bits per heavy atom. The summed E-state index contributed by atoms with van der Waals surface area (Å²) in [6, 6.07) is 9.40. The van der Waals surface area contributed by atoms with Crippen molar-refractivity contribution in [2.75, 3.05) is 16.8 Å². The molecule has 2 heterocycles. The van der Waals surface area contributed by atoms with E-state index in [1.807, 2.05) is 25.1 Å². The number of aryl methyl sites for hydroxylation is 1. The highest BCUT2D eigenvalue weighted by Gasteiger charge is 2.35. The predicted molar refractivity (Wildman–Crippen MR) is 109 cm³/mol. The fourth-order valence-corrected chi connectivity index (χ4v) is 4.17. The SMILES string of the molecule is Cc1nc2cc(N3CC(C(=O)Nc4ccc(O)c(C(=O)O)c4)CC3=O)ccc2s1. The number of carboxylic acid groups (broad SMARTS) is 1. The van der Waals surface area contributed by atoms with Crippen LogP contribution < -0.4 is 10.2 Å². The Balaban J connectivity index is 1.50. The molecule has 9 heteroatoms. The monoisotopic (exact) mass is 411 g/mol. The molecule has 1 atom stereocenters. The van der Waals surface area contributed by atoms with Gasteiger partial charge in [0.2, 0.25) is 11.8 Å². The van der Waals surface area contributed by atoms with Gasteiger partial charge in [-0.25, -0.2) is 9.78 Å². The van der Waals surface area contributed by atoms with Crippen molar-refractivity contribution in [3.63, 3.8) is 0 Å². The first kappa shape index (κ1) is 18.9. The van der Waals surface area contributed by atoms with Crippen molar-refractivity contribution in [3.8, 4) is 5.75 Å². The van der Waals surface area contributed by atoms with Crippen LogP contribution in [0.5, 0.6) is 5.75 Å². The molecule has 1 saturated heterocycles. The third-order valence-electron chi connectivity index (χ3n) is 4.78. The molecule has 148 valence electrons. The van der Waals surface area contributed by atoms with E-state index in [9.17, 15) is 19.5 Å². The van der Waals surface area contributed by atoms with Crippen molar-refractivity contribution in [1.82, 2.24) is 4.98 Å². The van der Waals surface area contributed by atoms with Crippen molar-refractivity contribution >= 4 is 50.7 Å². The maximum Gasteiger partial charge on any atom is 0.339 e. The Labute approximate surface area is 169 Å². The van der Waals surface area contributed by atoms with Gasteiger partial charge in [0.1, 0.15) is 11.3 Å². The zero-order valence-electron chi connectivity index (χ0n) is 15.4. The number of carboxylic acids is 1. The highest BCUT2D eigenvalue weighted by molar-refractivity contribution is 7.18. The van der Waals surface area contributed by atoms with Crippen LogP contribution in [0.3, 0.4) is 0 Å². The highest BCUT2D eigenvalue weighted by atomic mass is 32.1. The second-order valence-corrected chi connectivity index (χ2v) is 8.05. The third-order valence-corrected chi connectivity index (χ3v) is 5.73. The molecule has 1 aliphatic heterocycles. The lowest BCUT2D eigenvalue weighted by atomic mass is 10.1. The zero-order chi connectivity index (χ0) is 20.7. The molecule has 0 bridgehead atoms. The second kappa shape index (κ2) is 7.17. The molecule has 1 aromatic heterocycles. The van der Waals surface area contributed by atoms with Gasteiger partial charge in [0, 0.05) is 24.3 Å². The standard InChI is InChI=1S/C20H17N3O5S/c1-10-21-15-8-13(3-5-17(15)29-10)23-9-11(6-18(23)25)19(26)22-12-2-4-16(24)14(7-12)20(27)28/h2-5,7-8,11,24H,6,9H2,1H3,(H,22,26)(H,27,28). The van der Waals surface area contributed by atoms with E-state index in [0.29, 0.717) is 5.69 Å². The molecule has 2 amide bonds. The molecule has 0 saturated carbocycles. The summed E-state index contributed by atoms with van der Waals surface area (Å²) in [6.45, 7) is 2.15. The van der Waals surface area contributed by atoms with Crippen LogP contribution in [0.2, 0.25) is 0 Å². The van der Waals surface area contributed by atoms with Crippen molar-refractivity contribution in [3.05, 3.63) is 47.0 Å². The summed E-state index contributed by atoms with van der Waals surface area (Å²) in [5, 5.41) is 22.2. The Bertz CT molecular complexity index is 1160. The largest absolute Gasteiger partial charge is 0.507 e. The van der Waals surface area contributed by atoms with Crippen LogP contribution >= 0.6 is 11.3 Å². The number of rotatable bonds is 4. The first-order valence-corrected chi connectivity index (χ1v) is 9.68. The molecule has 0 radical (unpaired) electrons. The van der Waals surface area contributed by atoms with E-state index in [4.69, 9.17) is 5.11 Å². The number of phenols is 1. The van der Waals surface area contributed by atoms with Crippen molar-refractivity contribution in [2.24, 2.45) is 5.92 Å². The molecule has 1 aliphatic rings. The molecule has 8 nitrogen and oxygen atoms in total. The highest BCUT2D eigenvalue weighted by Crippen LogP contribution is 2.31. The maximum atomic E-state index is 12.6. The van der Waals surface area contributed by atoms with Gasteiger partial charge < -0.3 is 20.4 Å². The fraction of sp³-hybridized carbons (Fsp3) is 0.200. The number of nitrogens with zero attached hydrogens (tertiary/aromatic N) is 2. The number of carbonyl (C=O) groups excluding carboxylic acids is 2. The molecule has 1 unspecified atom stereocenters. The quantitative estimate of drug-likeness (QED) is 0.568.